The lowest BCUT2D eigenvalue weighted by Crippen LogP contribution is -2.42. The normalized spacial score (nSPS) is 14.1. The molecule has 0 unspecified atom stereocenters. The number of carbonyl (C=O) groups excluding carboxylic acids is 4. The summed E-state index contributed by atoms with van der Waals surface area (Å²) in [6.07, 6.45) is 0.227. The van der Waals surface area contributed by atoms with Gasteiger partial charge in [0.1, 0.15) is 13.2 Å². The highest BCUT2D eigenvalue weighted by atomic mass is 16.5. The second kappa shape index (κ2) is 8.20. The predicted molar refractivity (Wildman–Crippen MR) is 91.3 cm³/mol. The Kier molecular flexibility index (Phi) is 6.20. The Bertz CT molecular complexity index is 715. The Morgan fingerprint density at radius 1 is 0.815 bits per heavy atom. The van der Waals surface area contributed by atoms with Gasteiger partial charge in [-0.05, 0) is 35.1 Å². The van der Waals surface area contributed by atoms with Crippen LogP contribution in [0.25, 0.3) is 0 Å². The maximum atomic E-state index is 12.3. The molecule has 8 heteroatoms. The number of fused-ring (bicyclic) bond motifs is 1. The number of methoxy groups -OCH3 is 2. The molecule has 0 saturated heterocycles. The molecule has 0 aromatic heterocycles. The van der Waals surface area contributed by atoms with Gasteiger partial charge in [-0.2, -0.15) is 0 Å². The van der Waals surface area contributed by atoms with Gasteiger partial charge in [-0.3, -0.25) is 19.2 Å². The standard InChI is InChI=1S/C19H22O8/c1-11(20)26-9-15-5-13-7-19(17(22)24-3,18(23)25-4)8-14(13)6-16(15)10-27-12(2)21/h5-6H,7-10H2,1-4H3. The van der Waals surface area contributed by atoms with Crippen molar-refractivity contribution in [1.29, 1.82) is 0 Å². The van der Waals surface area contributed by atoms with E-state index >= 15 is 0 Å². The van der Waals surface area contributed by atoms with Crippen molar-refractivity contribution in [2.75, 3.05) is 14.2 Å². The van der Waals surface area contributed by atoms with E-state index in [1.54, 1.807) is 12.1 Å². The van der Waals surface area contributed by atoms with Crippen LogP contribution >= 0.6 is 0 Å². The zero-order chi connectivity index (χ0) is 20.2. The molecule has 0 heterocycles. The van der Waals surface area contributed by atoms with Crippen molar-refractivity contribution >= 4 is 23.9 Å². The topological polar surface area (TPSA) is 105 Å². The fourth-order valence-electron chi connectivity index (χ4n) is 3.22. The summed E-state index contributed by atoms with van der Waals surface area (Å²) in [6, 6.07) is 3.51. The van der Waals surface area contributed by atoms with Crippen LogP contribution in [-0.2, 0) is 64.2 Å². The molecule has 0 fully saturated rings. The molecule has 0 spiro atoms. The van der Waals surface area contributed by atoms with Crippen molar-refractivity contribution in [1.82, 2.24) is 0 Å². The van der Waals surface area contributed by atoms with Gasteiger partial charge in [0.15, 0.2) is 5.41 Å². The molecule has 1 aliphatic carbocycles. The lowest BCUT2D eigenvalue weighted by atomic mass is 9.85. The molecule has 146 valence electrons. The molecule has 27 heavy (non-hydrogen) atoms. The van der Waals surface area contributed by atoms with Crippen molar-refractivity contribution in [3.63, 3.8) is 0 Å². The van der Waals surface area contributed by atoms with E-state index in [1.165, 1.54) is 28.1 Å². The maximum absolute atomic E-state index is 12.3. The van der Waals surface area contributed by atoms with E-state index in [9.17, 15) is 19.2 Å². The third kappa shape index (κ3) is 4.27. The van der Waals surface area contributed by atoms with Crippen LogP contribution in [0.5, 0.6) is 0 Å². The Labute approximate surface area is 156 Å². The van der Waals surface area contributed by atoms with Crippen molar-refractivity contribution in [3.8, 4) is 0 Å². The first kappa shape index (κ1) is 20.4. The van der Waals surface area contributed by atoms with Crippen LogP contribution in [0, 0.1) is 5.41 Å². The summed E-state index contributed by atoms with van der Waals surface area (Å²) in [5.41, 5.74) is 1.32. The minimum atomic E-state index is -1.45. The number of ether oxygens (including phenoxy) is 4. The molecule has 1 aliphatic rings. The van der Waals surface area contributed by atoms with Gasteiger partial charge < -0.3 is 18.9 Å². The maximum Gasteiger partial charge on any atom is 0.323 e. The summed E-state index contributed by atoms with van der Waals surface area (Å²) in [7, 11) is 2.43. The Hall–Kier alpha value is -2.90. The van der Waals surface area contributed by atoms with Gasteiger partial charge in [0.05, 0.1) is 14.2 Å². The molecule has 0 saturated carbocycles. The second-order valence-corrected chi connectivity index (χ2v) is 6.37. The molecule has 0 bridgehead atoms. The quantitative estimate of drug-likeness (QED) is 0.414. The van der Waals surface area contributed by atoms with E-state index in [2.05, 4.69) is 0 Å². The molecular weight excluding hydrogens is 356 g/mol. The van der Waals surface area contributed by atoms with E-state index < -0.39 is 29.3 Å². The predicted octanol–water partition coefficient (Wildman–Crippen LogP) is 1.24. The summed E-state index contributed by atoms with van der Waals surface area (Å²) in [6.45, 7) is 2.56. The van der Waals surface area contributed by atoms with Gasteiger partial charge >= 0.3 is 23.9 Å². The van der Waals surface area contributed by atoms with Crippen molar-refractivity contribution in [2.24, 2.45) is 5.41 Å². The molecule has 0 atom stereocenters. The number of carbonyl (C=O) groups is 4. The van der Waals surface area contributed by atoms with Gasteiger partial charge in [0, 0.05) is 13.8 Å². The SMILES string of the molecule is COC(=O)C1(C(=O)OC)Cc2cc(COC(C)=O)c(COC(C)=O)cc2C1. The number of hydrogen-bond donors (Lipinski definition) is 0. The zero-order valence-electron chi connectivity index (χ0n) is 15.7. The lowest BCUT2D eigenvalue weighted by molar-refractivity contribution is -0.168. The zero-order valence-corrected chi connectivity index (χ0v) is 15.7. The molecule has 0 aliphatic heterocycles. The van der Waals surface area contributed by atoms with E-state index in [1.807, 2.05) is 0 Å². The highest BCUT2D eigenvalue weighted by molar-refractivity contribution is 6.01. The van der Waals surface area contributed by atoms with Crippen molar-refractivity contribution in [3.05, 3.63) is 34.4 Å². The van der Waals surface area contributed by atoms with Gasteiger partial charge in [0.2, 0.25) is 0 Å². The molecule has 0 N–H and O–H groups in total. The first-order chi connectivity index (χ1) is 12.7. The Balaban J connectivity index is 2.43. The number of benzene rings is 1. The summed E-state index contributed by atoms with van der Waals surface area (Å²) in [4.78, 5) is 47.0. The van der Waals surface area contributed by atoms with Crippen LogP contribution in [0.2, 0.25) is 0 Å². The largest absolute Gasteiger partial charge is 0.468 e. The fourth-order valence-corrected chi connectivity index (χ4v) is 3.22. The Morgan fingerprint density at radius 3 is 1.48 bits per heavy atom. The highest BCUT2D eigenvalue weighted by Gasteiger charge is 2.52. The number of rotatable bonds is 6. The minimum absolute atomic E-state index is 0.0113. The first-order valence-electron chi connectivity index (χ1n) is 8.30. The van der Waals surface area contributed by atoms with Crippen LogP contribution in [-0.4, -0.2) is 38.1 Å². The molecule has 2 rings (SSSR count). The number of esters is 4. The average Bonchev–Trinajstić information content (AvgIpc) is 3.02. The first-order valence-corrected chi connectivity index (χ1v) is 8.30. The average molecular weight is 378 g/mol. The summed E-state index contributed by atoms with van der Waals surface area (Å²) in [5.74, 6) is -2.25. The number of hydrogen-bond acceptors (Lipinski definition) is 8. The van der Waals surface area contributed by atoms with Crippen molar-refractivity contribution < 1.29 is 38.1 Å². The van der Waals surface area contributed by atoms with Gasteiger partial charge in [-0.1, -0.05) is 12.1 Å². The van der Waals surface area contributed by atoms with Gasteiger partial charge in [-0.25, -0.2) is 0 Å². The Morgan fingerprint density at radius 2 is 1.19 bits per heavy atom. The lowest BCUT2D eigenvalue weighted by Gasteiger charge is -2.22. The second-order valence-electron chi connectivity index (χ2n) is 6.37. The minimum Gasteiger partial charge on any atom is -0.468 e. The highest BCUT2D eigenvalue weighted by Crippen LogP contribution is 2.40. The molecule has 1 aromatic rings. The van der Waals surface area contributed by atoms with Gasteiger partial charge in [-0.15, -0.1) is 0 Å². The van der Waals surface area contributed by atoms with Crippen LogP contribution in [0.15, 0.2) is 12.1 Å². The summed E-state index contributed by atoms with van der Waals surface area (Å²) in [5, 5.41) is 0. The summed E-state index contributed by atoms with van der Waals surface area (Å²) >= 11 is 0. The van der Waals surface area contributed by atoms with Crippen LogP contribution in [0.4, 0.5) is 0 Å². The van der Waals surface area contributed by atoms with Gasteiger partial charge in [0.25, 0.3) is 0 Å². The third-order valence-electron chi connectivity index (χ3n) is 4.52. The molecular formula is C19H22O8. The van der Waals surface area contributed by atoms with Crippen molar-refractivity contribution in [2.45, 2.75) is 39.9 Å². The van der Waals surface area contributed by atoms with Crippen LogP contribution in [0.1, 0.15) is 36.1 Å². The smallest absolute Gasteiger partial charge is 0.323 e. The van der Waals surface area contributed by atoms with Crippen LogP contribution in [0.3, 0.4) is 0 Å². The molecule has 0 radical (unpaired) electrons. The third-order valence-corrected chi connectivity index (χ3v) is 4.52. The van der Waals surface area contributed by atoms with E-state index in [0.29, 0.717) is 11.1 Å². The monoisotopic (exact) mass is 378 g/mol. The van der Waals surface area contributed by atoms with Crippen LogP contribution < -0.4 is 0 Å². The van der Waals surface area contributed by atoms with E-state index in [0.717, 1.165) is 11.1 Å². The molecule has 8 nitrogen and oxygen atoms in total. The fraction of sp³-hybridized carbons (Fsp3) is 0.474. The molecule has 1 aromatic carbocycles. The molecule has 0 amide bonds. The van der Waals surface area contributed by atoms with E-state index in [-0.39, 0.29) is 26.1 Å². The summed E-state index contributed by atoms with van der Waals surface area (Å²) < 4.78 is 19.8. The van der Waals surface area contributed by atoms with E-state index in [4.69, 9.17) is 18.9 Å².